The zero-order valence-electron chi connectivity index (χ0n) is 13.0. The molecule has 1 fully saturated rings. The minimum atomic E-state index is -0.0165. The van der Waals surface area contributed by atoms with Gasteiger partial charge in [-0.15, -0.1) is 11.3 Å². The van der Waals surface area contributed by atoms with Gasteiger partial charge in [-0.2, -0.15) is 4.98 Å². The van der Waals surface area contributed by atoms with E-state index in [0.29, 0.717) is 18.2 Å². The molecule has 3 heterocycles. The van der Waals surface area contributed by atoms with E-state index in [1.165, 1.54) is 0 Å². The molecular weight excluding hydrogens is 310 g/mol. The summed E-state index contributed by atoms with van der Waals surface area (Å²) >= 11 is 1.62. The quantitative estimate of drug-likeness (QED) is 0.809. The van der Waals surface area contributed by atoms with Crippen molar-refractivity contribution < 1.29 is 9.53 Å². The molecule has 2 aromatic heterocycles. The Morgan fingerprint density at radius 2 is 2.39 bits per heavy atom. The van der Waals surface area contributed by atoms with Gasteiger partial charge in [0.05, 0.1) is 6.54 Å². The molecule has 0 saturated carbocycles. The van der Waals surface area contributed by atoms with Gasteiger partial charge in [0, 0.05) is 29.8 Å². The molecule has 0 aliphatic carbocycles. The number of thiophene rings is 1. The van der Waals surface area contributed by atoms with E-state index in [2.05, 4.69) is 9.97 Å². The van der Waals surface area contributed by atoms with Crippen LogP contribution in [0.5, 0.6) is 5.88 Å². The Morgan fingerprint density at radius 3 is 3.17 bits per heavy atom. The van der Waals surface area contributed by atoms with Gasteiger partial charge >= 0.3 is 0 Å². The molecule has 1 amide bonds. The number of piperidine rings is 1. The SMILES string of the molecule is Cc1nccc(O[C@H]2CCCN(C(=O)/C=C/c3cccs3)C2)n1. The monoisotopic (exact) mass is 329 g/mol. The highest BCUT2D eigenvalue weighted by Crippen LogP contribution is 2.17. The molecule has 0 radical (unpaired) electrons. The molecule has 0 bridgehead atoms. The Hall–Kier alpha value is -2.21. The zero-order chi connectivity index (χ0) is 16.1. The highest BCUT2D eigenvalue weighted by Gasteiger charge is 2.24. The smallest absolute Gasteiger partial charge is 0.246 e. The molecule has 1 atom stereocenters. The second kappa shape index (κ2) is 7.37. The normalized spacial score (nSPS) is 18.3. The van der Waals surface area contributed by atoms with E-state index in [0.717, 1.165) is 24.3 Å². The van der Waals surface area contributed by atoms with Crippen LogP contribution in [-0.4, -0.2) is 40.0 Å². The van der Waals surface area contributed by atoms with Crippen LogP contribution in [0.4, 0.5) is 0 Å². The highest BCUT2D eigenvalue weighted by molar-refractivity contribution is 7.10. The van der Waals surface area contributed by atoms with Gasteiger partial charge in [-0.25, -0.2) is 4.98 Å². The summed E-state index contributed by atoms with van der Waals surface area (Å²) in [5, 5.41) is 2.00. The van der Waals surface area contributed by atoms with Crippen LogP contribution < -0.4 is 4.74 Å². The van der Waals surface area contributed by atoms with Crippen molar-refractivity contribution in [2.24, 2.45) is 0 Å². The van der Waals surface area contributed by atoms with E-state index in [4.69, 9.17) is 4.74 Å². The van der Waals surface area contributed by atoms with E-state index < -0.39 is 0 Å². The Morgan fingerprint density at radius 1 is 1.48 bits per heavy atom. The second-order valence-corrected chi connectivity index (χ2v) is 6.44. The van der Waals surface area contributed by atoms with E-state index in [1.807, 2.05) is 35.4 Å². The summed E-state index contributed by atoms with van der Waals surface area (Å²) in [7, 11) is 0. The predicted molar refractivity (Wildman–Crippen MR) is 90.4 cm³/mol. The maximum Gasteiger partial charge on any atom is 0.246 e. The van der Waals surface area contributed by atoms with E-state index in [1.54, 1.807) is 29.7 Å². The third kappa shape index (κ3) is 4.39. The average Bonchev–Trinajstić information content (AvgIpc) is 3.06. The summed E-state index contributed by atoms with van der Waals surface area (Å²) in [6, 6.07) is 5.72. The van der Waals surface area contributed by atoms with Gasteiger partial charge in [-0.05, 0) is 37.3 Å². The second-order valence-electron chi connectivity index (χ2n) is 5.46. The van der Waals surface area contributed by atoms with Crippen molar-refractivity contribution in [3.05, 3.63) is 46.6 Å². The number of carbonyl (C=O) groups excluding carboxylic acids is 1. The molecule has 1 saturated heterocycles. The zero-order valence-corrected chi connectivity index (χ0v) is 13.8. The summed E-state index contributed by atoms with van der Waals surface area (Å²) < 4.78 is 5.90. The molecule has 0 N–H and O–H groups in total. The Kier molecular flexibility index (Phi) is 5.02. The van der Waals surface area contributed by atoms with Gasteiger partial charge in [-0.3, -0.25) is 4.79 Å². The minimum absolute atomic E-state index is 0.0165. The van der Waals surface area contributed by atoms with Crippen molar-refractivity contribution >= 4 is 23.3 Å². The molecule has 23 heavy (non-hydrogen) atoms. The maximum absolute atomic E-state index is 12.3. The molecule has 0 aromatic carbocycles. The van der Waals surface area contributed by atoms with Gasteiger partial charge in [0.25, 0.3) is 0 Å². The largest absolute Gasteiger partial charge is 0.472 e. The van der Waals surface area contributed by atoms with Gasteiger partial charge < -0.3 is 9.64 Å². The highest BCUT2D eigenvalue weighted by atomic mass is 32.1. The molecular formula is C17H19N3O2S. The number of nitrogens with zero attached hydrogens (tertiary/aromatic N) is 3. The van der Waals surface area contributed by atoms with Crippen LogP contribution in [0.1, 0.15) is 23.5 Å². The molecule has 120 valence electrons. The van der Waals surface area contributed by atoms with Gasteiger partial charge in [-0.1, -0.05) is 6.07 Å². The summed E-state index contributed by atoms with van der Waals surface area (Å²) in [4.78, 5) is 23.5. The van der Waals surface area contributed by atoms with Crippen LogP contribution in [0.25, 0.3) is 6.08 Å². The van der Waals surface area contributed by atoms with E-state index >= 15 is 0 Å². The third-order valence-corrected chi connectivity index (χ3v) is 4.50. The first-order valence-corrected chi connectivity index (χ1v) is 8.55. The molecule has 0 spiro atoms. The first-order valence-electron chi connectivity index (χ1n) is 7.67. The lowest BCUT2D eigenvalue weighted by Crippen LogP contribution is -2.43. The van der Waals surface area contributed by atoms with Crippen LogP contribution in [0.2, 0.25) is 0 Å². The standard InChI is InChI=1S/C17H19N3O2S/c1-13-18-9-8-16(19-13)22-14-4-2-10-20(12-14)17(21)7-6-15-5-3-11-23-15/h3,5-9,11,14H,2,4,10,12H2,1H3/b7-6+/t14-/m0/s1. The molecule has 5 nitrogen and oxygen atoms in total. The Bertz CT molecular complexity index is 685. The minimum Gasteiger partial charge on any atom is -0.472 e. The van der Waals surface area contributed by atoms with Gasteiger partial charge in [0.1, 0.15) is 11.9 Å². The molecule has 2 aromatic rings. The van der Waals surface area contributed by atoms with Crippen LogP contribution in [0.3, 0.4) is 0 Å². The maximum atomic E-state index is 12.3. The molecule has 6 heteroatoms. The topological polar surface area (TPSA) is 55.3 Å². The summed E-state index contributed by atoms with van der Waals surface area (Å²) in [6.07, 6.45) is 7.05. The lowest BCUT2D eigenvalue weighted by atomic mass is 10.1. The first-order chi connectivity index (χ1) is 11.2. The molecule has 1 aliphatic heterocycles. The number of hydrogen-bond acceptors (Lipinski definition) is 5. The number of amides is 1. The van der Waals surface area contributed by atoms with Crippen molar-refractivity contribution in [3.63, 3.8) is 0 Å². The van der Waals surface area contributed by atoms with Crippen molar-refractivity contribution in [1.29, 1.82) is 0 Å². The van der Waals surface area contributed by atoms with Crippen LogP contribution >= 0.6 is 11.3 Å². The van der Waals surface area contributed by atoms with Crippen LogP contribution in [0.15, 0.2) is 35.9 Å². The molecule has 1 aliphatic rings. The molecule has 3 rings (SSSR count). The number of rotatable bonds is 4. The van der Waals surface area contributed by atoms with Gasteiger partial charge in [0.2, 0.25) is 11.8 Å². The predicted octanol–water partition coefficient (Wildman–Crippen LogP) is 2.93. The van der Waals surface area contributed by atoms with E-state index in [-0.39, 0.29) is 12.0 Å². The number of aromatic nitrogens is 2. The summed E-state index contributed by atoms with van der Waals surface area (Å²) in [6.45, 7) is 3.20. The van der Waals surface area contributed by atoms with Crippen LogP contribution in [0, 0.1) is 6.92 Å². The number of aryl methyl sites for hydroxylation is 1. The molecule has 0 unspecified atom stereocenters. The lowest BCUT2D eigenvalue weighted by Gasteiger charge is -2.32. The summed E-state index contributed by atoms with van der Waals surface area (Å²) in [5.74, 6) is 1.29. The van der Waals surface area contributed by atoms with Crippen molar-refractivity contribution in [2.45, 2.75) is 25.9 Å². The van der Waals surface area contributed by atoms with E-state index in [9.17, 15) is 4.79 Å². The Labute approximate surface area is 139 Å². The Balaban J connectivity index is 1.58. The number of likely N-dealkylation sites (tertiary alicyclic amines) is 1. The van der Waals surface area contributed by atoms with Crippen molar-refractivity contribution in [1.82, 2.24) is 14.9 Å². The fourth-order valence-electron chi connectivity index (χ4n) is 2.55. The fraction of sp³-hybridized carbons (Fsp3) is 0.353. The summed E-state index contributed by atoms with van der Waals surface area (Å²) in [5.41, 5.74) is 0. The van der Waals surface area contributed by atoms with Gasteiger partial charge in [0.15, 0.2) is 0 Å². The number of carbonyl (C=O) groups is 1. The fourth-order valence-corrected chi connectivity index (χ4v) is 3.17. The third-order valence-electron chi connectivity index (χ3n) is 3.66. The van der Waals surface area contributed by atoms with Crippen molar-refractivity contribution in [2.75, 3.05) is 13.1 Å². The van der Waals surface area contributed by atoms with Crippen LogP contribution in [-0.2, 0) is 4.79 Å². The first kappa shape index (κ1) is 15.7. The number of ether oxygens (including phenoxy) is 1. The lowest BCUT2D eigenvalue weighted by molar-refractivity contribution is -0.128. The van der Waals surface area contributed by atoms with Crippen molar-refractivity contribution in [3.8, 4) is 5.88 Å². The number of hydrogen-bond donors (Lipinski definition) is 0. The average molecular weight is 329 g/mol.